The molecule has 2 N–H and O–H groups in total. The third-order valence-corrected chi connectivity index (χ3v) is 5.16. The molecule has 2 atom stereocenters. The minimum atomic E-state index is -0.801. The third kappa shape index (κ3) is 3.50. The van der Waals surface area contributed by atoms with E-state index in [2.05, 4.69) is 10.00 Å². The molecule has 1 aliphatic heterocycles. The smallest absolute Gasteiger partial charge is 0.305 e. The van der Waals surface area contributed by atoms with Gasteiger partial charge < -0.3 is 10.2 Å². The number of carbonyl (C=O) groups is 1. The summed E-state index contributed by atoms with van der Waals surface area (Å²) in [5, 5.41) is 23.6. The Morgan fingerprint density at radius 3 is 3.09 bits per heavy atom. The van der Waals surface area contributed by atoms with Crippen molar-refractivity contribution < 1.29 is 15.0 Å². The number of aromatic nitrogens is 2. The second-order valence-electron chi connectivity index (χ2n) is 6.79. The van der Waals surface area contributed by atoms with E-state index in [9.17, 15) is 9.90 Å². The number of likely N-dealkylation sites (tertiary alicyclic amines) is 1. The van der Waals surface area contributed by atoms with Gasteiger partial charge in [0.2, 0.25) is 0 Å². The SMILES string of the molecule is O=C(O)CCn1cc(CN2CC[C@@]3(O)CCCC[C@H]3C2)cn1. The van der Waals surface area contributed by atoms with Crippen LogP contribution in [0.4, 0.5) is 0 Å². The van der Waals surface area contributed by atoms with Crippen molar-refractivity contribution in [2.75, 3.05) is 13.1 Å². The van der Waals surface area contributed by atoms with Crippen LogP contribution in [-0.4, -0.2) is 49.6 Å². The molecule has 0 radical (unpaired) electrons. The summed E-state index contributed by atoms with van der Waals surface area (Å²) in [5.41, 5.74) is 0.687. The van der Waals surface area contributed by atoms with Gasteiger partial charge in [0, 0.05) is 37.3 Å². The summed E-state index contributed by atoms with van der Waals surface area (Å²) in [6, 6.07) is 0. The molecule has 0 unspecified atom stereocenters. The first-order valence-corrected chi connectivity index (χ1v) is 8.23. The molecular formula is C16H25N3O3. The van der Waals surface area contributed by atoms with Gasteiger partial charge in [-0.1, -0.05) is 12.8 Å². The van der Waals surface area contributed by atoms with Crippen molar-refractivity contribution in [1.29, 1.82) is 0 Å². The van der Waals surface area contributed by atoms with Crippen molar-refractivity contribution >= 4 is 5.97 Å². The first-order valence-electron chi connectivity index (χ1n) is 8.23. The number of hydrogen-bond donors (Lipinski definition) is 2. The predicted octanol–water partition coefficient (Wildman–Crippen LogP) is 1.48. The molecule has 0 bridgehead atoms. The Labute approximate surface area is 130 Å². The second kappa shape index (κ2) is 6.38. The van der Waals surface area contributed by atoms with Crippen molar-refractivity contribution in [3.63, 3.8) is 0 Å². The maximum atomic E-state index is 10.7. The lowest BCUT2D eigenvalue weighted by Crippen LogP contribution is -2.52. The molecule has 2 heterocycles. The van der Waals surface area contributed by atoms with E-state index in [4.69, 9.17) is 5.11 Å². The highest BCUT2D eigenvalue weighted by molar-refractivity contribution is 5.66. The predicted molar refractivity (Wildman–Crippen MR) is 81.3 cm³/mol. The first-order chi connectivity index (χ1) is 10.5. The van der Waals surface area contributed by atoms with Gasteiger partial charge in [-0.15, -0.1) is 0 Å². The molecule has 0 spiro atoms. The van der Waals surface area contributed by atoms with Crippen LogP contribution in [0.2, 0.25) is 0 Å². The molecule has 6 heteroatoms. The van der Waals surface area contributed by atoms with Crippen LogP contribution in [0, 0.1) is 5.92 Å². The van der Waals surface area contributed by atoms with Gasteiger partial charge in [-0.2, -0.15) is 5.10 Å². The van der Waals surface area contributed by atoms with Gasteiger partial charge in [0.15, 0.2) is 0 Å². The van der Waals surface area contributed by atoms with E-state index in [-0.39, 0.29) is 6.42 Å². The van der Waals surface area contributed by atoms with E-state index in [1.54, 1.807) is 4.68 Å². The molecule has 2 fully saturated rings. The highest BCUT2D eigenvalue weighted by Gasteiger charge is 2.42. The molecule has 3 rings (SSSR count). The highest BCUT2D eigenvalue weighted by atomic mass is 16.4. The minimum Gasteiger partial charge on any atom is -0.481 e. The normalized spacial score (nSPS) is 29.2. The monoisotopic (exact) mass is 307 g/mol. The molecular weight excluding hydrogens is 282 g/mol. The lowest BCUT2D eigenvalue weighted by atomic mass is 9.71. The number of carboxylic acids is 1. The maximum absolute atomic E-state index is 10.7. The molecule has 1 aromatic heterocycles. The summed E-state index contributed by atoms with van der Waals surface area (Å²) in [6.45, 7) is 3.13. The number of rotatable bonds is 5. The summed E-state index contributed by atoms with van der Waals surface area (Å²) < 4.78 is 1.70. The number of nitrogens with zero attached hydrogens (tertiary/aromatic N) is 3. The van der Waals surface area contributed by atoms with Crippen molar-refractivity contribution in [3.8, 4) is 0 Å². The van der Waals surface area contributed by atoms with Crippen molar-refractivity contribution in [2.45, 2.75) is 57.2 Å². The van der Waals surface area contributed by atoms with Crippen molar-refractivity contribution in [1.82, 2.24) is 14.7 Å². The highest BCUT2D eigenvalue weighted by Crippen LogP contribution is 2.39. The number of carboxylic acid groups (broad SMARTS) is 1. The molecule has 1 saturated carbocycles. The Morgan fingerprint density at radius 1 is 1.41 bits per heavy atom. The van der Waals surface area contributed by atoms with Gasteiger partial charge in [0.05, 0.1) is 24.8 Å². The van der Waals surface area contributed by atoms with Crippen molar-refractivity contribution in [3.05, 3.63) is 18.0 Å². The topological polar surface area (TPSA) is 78.6 Å². The Bertz CT molecular complexity index is 530. The largest absolute Gasteiger partial charge is 0.481 e. The number of aliphatic carboxylic acids is 1. The Kier molecular flexibility index (Phi) is 4.49. The number of aryl methyl sites for hydroxylation is 1. The molecule has 1 aliphatic carbocycles. The third-order valence-electron chi connectivity index (χ3n) is 5.16. The lowest BCUT2D eigenvalue weighted by molar-refractivity contribution is -0.137. The van der Waals surface area contributed by atoms with E-state index in [0.717, 1.165) is 50.9 Å². The Hall–Kier alpha value is -1.40. The summed E-state index contributed by atoms with van der Waals surface area (Å²) in [5.74, 6) is -0.401. The van der Waals surface area contributed by atoms with Crippen LogP contribution in [0.5, 0.6) is 0 Å². The zero-order chi connectivity index (χ0) is 15.6. The van der Waals surface area contributed by atoms with Crippen molar-refractivity contribution in [2.24, 2.45) is 5.92 Å². The zero-order valence-electron chi connectivity index (χ0n) is 12.9. The van der Waals surface area contributed by atoms with Gasteiger partial charge in [0.25, 0.3) is 0 Å². The molecule has 2 aliphatic rings. The fraction of sp³-hybridized carbons (Fsp3) is 0.750. The summed E-state index contributed by atoms with van der Waals surface area (Å²) >= 11 is 0. The fourth-order valence-corrected chi connectivity index (χ4v) is 3.86. The number of fused-ring (bicyclic) bond motifs is 1. The molecule has 122 valence electrons. The number of hydrogen-bond acceptors (Lipinski definition) is 4. The van der Waals surface area contributed by atoms with Gasteiger partial charge in [-0.05, 0) is 19.3 Å². The Morgan fingerprint density at radius 2 is 2.27 bits per heavy atom. The van der Waals surface area contributed by atoms with Crippen LogP contribution >= 0.6 is 0 Å². The molecule has 1 aromatic rings. The van der Waals surface area contributed by atoms with Crippen LogP contribution in [0.25, 0.3) is 0 Å². The summed E-state index contributed by atoms with van der Waals surface area (Å²) in [6.07, 6.45) is 9.19. The molecule has 6 nitrogen and oxygen atoms in total. The average molecular weight is 307 g/mol. The quantitative estimate of drug-likeness (QED) is 0.861. The molecule has 22 heavy (non-hydrogen) atoms. The maximum Gasteiger partial charge on any atom is 0.305 e. The molecule has 1 saturated heterocycles. The van der Waals surface area contributed by atoms with Gasteiger partial charge in [0.1, 0.15) is 0 Å². The first kappa shape index (κ1) is 15.5. The minimum absolute atomic E-state index is 0.0972. The van der Waals surface area contributed by atoms with Crippen LogP contribution in [-0.2, 0) is 17.9 Å². The lowest BCUT2D eigenvalue weighted by Gasteiger charge is -2.47. The average Bonchev–Trinajstić information content (AvgIpc) is 2.93. The van der Waals surface area contributed by atoms with Gasteiger partial charge in [-0.25, -0.2) is 0 Å². The van der Waals surface area contributed by atoms with Gasteiger partial charge >= 0.3 is 5.97 Å². The van der Waals surface area contributed by atoms with E-state index >= 15 is 0 Å². The van der Waals surface area contributed by atoms with E-state index in [0.29, 0.717) is 12.5 Å². The standard InChI is InChI=1S/C16H25N3O3/c20-15(21)4-7-19-11-13(9-17-19)10-18-8-6-16(22)5-2-1-3-14(16)12-18/h9,11,14,22H,1-8,10,12H2,(H,20,21)/t14-,16-/m0/s1. The number of aliphatic hydroxyl groups is 1. The molecule has 0 aromatic carbocycles. The van der Waals surface area contributed by atoms with Crippen LogP contribution in [0.1, 0.15) is 44.1 Å². The van der Waals surface area contributed by atoms with Crippen LogP contribution < -0.4 is 0 Å². The van der Waals surface area contributed by atoms with E-state index in [1.165, 1.54) is 6.42 Å². The van der Waals surface area contributed by atoms with Gasteiger partial charge in [-0.3, -0.25) is 14.4 Å². The summed E-state index contributed by atoms with van der Waals surface area (Å²) in [4.78, 5) is 13.0. The van der Waals surface area contributed by atoms with Crippen LogP contribution in [0.3, 0.4) is 0 Å². The zero-order valence-corrected chi connectivity index (χ0v) is 12.9. The summed E-state index contributed by atoms with van der Waals surface area (Å²) in [7, 11) is 0. The Balaban J connectivity index is 1.54. The fourth-order valence-electron chi connectivity index (χ4n) is 3.86. The molecule has 0 amide bonds. The number of piperidine rings is 1. The van der Waals surface area contributed by atoms with Crippen LogP contribution in [0.15, 0.2) is 12.4 Å². The van der Waals surface area contributed by atoms with E-state index in [1.807, 2.05) is 12.4 Å². The second-order valence-corrected chi connectivity index (χ2v) is 6.79. The van der Waals surface area contributed by atoms with E-state index < -0.39 is 11.6 Å².